The van der Waals surface area contributed by atoms with Crippen molar-refractivity contribution >= 4 is 16.1 Å². The number of hydrogen-bond acceptors (Lipinski definition) is 3. The molecular formula is C16H21N3O2S. The van der Waals surface area contributed by atoms with E-state index in [0.29, 0.717) is 13.1 Å². The summed E-state index contributed by atoms with van der Waals surface area (Å²) in [5.74, 6) is 0. The minimum Gasteiger partial charge on any atom is -0.275 e. The molecule has 0 spiro atoms. The highest BCUT2D eigenvalue weighted by Crippen LogP contribution is 2.13. The fourth-order valence-corrected chi connectivity index (χ4v) is 3.38. The van der Waals surface area contributed by atoms with Crippen LogP contribution >= 0.6 is 0 Å². The molecule has 0 aliphatic carbocycles. The van der Waals surface area contributed by atoms with Crippen molar-refractivity contribution < 1.29 is 8.42 Å². The van der Waals surface area contributed by atoms with Crippen LogP contribution in [-0.2, 0) is 23.6 Å². The molecular weight excluding hydrogens is 298 g/mol. The van der Waals surface area contributed by atoms with Crippen molar-refractivity contribution in [3.8, 4) is 0 Å². The van der Waals surface area contributed by atoms with Crippen molar-refractivity contribution in [2.75, 3.05) is 6.54 Å². The molecule has 22 heavy (non-hydrogen) atoms. The second-order valence-corrected chi connectivity index (χ2v) is 6.93. The summed E-state index contributed by atoms with van der Waals surface area (Å²) in [6.07, 6.45) is 5.91. The fourth-order valence-electron chi connectivity index (χ4n) is 2.12. The summed E-state index contributed by atoms with van der Waals surface area (Å²) in [5.41, 5.74) is 1.75. The topological polar surface area (TPSA) is 55.2 Å². The predicted octanol–water partition coefficient (Wildman–Crippen LogP) is 2.63. The second kappa shape index (κ2) is 7.38. The van der Waals surface area contributed by atoms with Gasteiger partial charge in [0.05, 0.1) is 6.20 Å². The molecule has 0 atom stereocenters. The molecule has 0 saturated heterocycles. The summed E-state index contributed by atoms with van der Waals surface area (Å²) >= 11 is 0. The Bertz CT molecular complexity index is 721. The van der Waals surface area contributed by atoms with E-state index in [0.717, 1.165) is 17.5 Å². The Morgan fingerprint density at radius 2 is 2.00 bits per heavy atom. The maximum Gasteiger partial charge on any atom is 0.236 e. The molecule has 0 bridgehead atoms. The van der Waals surface area contributed by atoms with Crippen molar-refractivity contribution in [3.63, 3.8) is 0 Å². The van der Waals surface area contributed by atoms with Crippen molar-refractivity contribution in [3.05, 3.63) is 59.3 Å². The average molecular weight is 319 g/mol. The first kappa shape index (κ1) is 16.5. The monoisotopic (exact) mass is 319 g/mol. The molecule has 2 rings (SSSR count). The van der Waals surface area contributed by atoms with Crippen molar-refractivity contribution in [2.45, 2.75) is 19.9 Å². The maximum absolute atomic E-state index is 12.5. The first-order valence-corrected chi connectivity index (χ1v) is 8.72. The zero-order valence-electron chi connectivity index (χ0n) is 12.9. The number of benzene rings is 1. The van der Waals surface area contributed by atoms with Gasteiger partial charge in [-0.05, 0) is 18.1 Å². The number of nitrogens with zero attached hydrogens (tertiary/aromatic N) is 3. The van der Waals surface area contributed by atoms with Gasteiger partial charge in [-0.25, -0.2) is 8.42 Å². The molecule has 1 heterocycles. The van der Waals surface area contributed by atoms with Gasteiger partial charge in [0.1, 0.15) is 0 Å². The third-order valence-electron chi connectivity index (χ3n) is 3.18. The summed E-state index contributed by atoms with van der Waals surface area (Å²) in [6, 6.07) is 9.41. The normalized spacial score (nSPS) is 12.3. The molecule has 0 N–H and O–H groups in total. The van der Waals surface area contributed by atoms with E-state index in [4.69, 9.17) is 0 Å². The molecule has 0 aliphatic rings. The van der Waals surface area contributed by atoms with Gasteiger partial charge >= 0.3 is 0 Å². The summed E-state index contributed by atoms with van der Waals surface area (Å²) in [4.78, 5) is 0. The van der Waals surface area contributed by atoms with Gasteiger partial charge in [-0.3, -0.25) is 4.68 Å². The van der Waals surface area contributed by atoms with Crippen LogP contribution in [0.15, 0.2) is 48.1 Å². The van der Waals surface area contributed by atoms with Gasteiger partial charge in [-0.1, -0.05) is 37.3 Å². The quantitative estimate of drug-likeness (QED) is 0.788. The molecule has 0 radical (unpaired) electrons. The second-order valence-electron chi connectivity index (χ2n) is 5.11. The van der Waals surface area contributed by atoms with E-state index in [9.17, 15) is 8.42 Å². The first-order valence-electron chi connectivity index (χ1n) is 7.22. The number of hydrogen-bond donors (Lipinski definition) is 0. The van der Waals surface area contributed by atoms with Crippen LogP contribution in [0.1, 0.15) is 24.5 Å². The summed E-state index contributed by atoms with van der Waals surface area (Å²) < 4.78 is 28.2. The smallest absolute Gasteiger partial charge is 0.236 e. The Morgan fingerprint density at radius 1 is 1.27 bits per heavy atom. The lowest BCUT2D eigenvalue weighted by atomic mass is 10.2. The molecule has 0 fully saturated rings. The summed E-state index contributed by atoms with van der Waals surface area (Å²) in [7, 11) is -1.64. The van der Waals surface area contributed by atoms with Gasteiger partial charge in [-0.15, -0.1) is 0 Å². The minimum atomic E-state index is -3.46. The molecule has 0 aliphatic heterocycles. The summed E-state index contributed by atoms with van der Waals surface area (Å²) in [6.45, 7) is 2.78. The molecule has 6 heteroatoms. The van der Waals surface area contributed by atoms with Crippen LogP contribution in [-0.4, -0.2) is 29.0 Å². The van der Waals surface area contributed by atoms with Crippen LogP contribution in [0.25, 0.3) is 6.08 Å². The van der Waals surface area contributed by atoms with Gasteiger partial charge in [0.2, 0.25) is 10.0 Å². The standard InChI is InChI=1S/C16H21N3O2S/c1-3-10-19(14-16-12-17-18(2)13-16)22(20,21)11-9-15-7-5-4-6-8-15/h4-9,11-13H,3,10,14H2,1-2H3/b11-9+. The Balaban J connectivity index is 2.16. The van der Waals surface area contributed by atoms with E-state index in [2.05, 4.69) is 5.10 Å². The Kier molecular flexibility index (Phi) is 5.51. The minimum absolute atomic E-state index is 0.336. The van der Waals surface area contributed by atoms with E-state index in [-0.39, 0.29) is 0 Å². The third kappa shape index (κ3) is 4.54. The van der Waals surface area contributed by atoms with E-state index in [1.165, 1.54) is 9.71 Å². The van der Waals surface area contributed by atoms with Crippen molar-refractivity contribution in [1.29, 1.82) is 0 Å². The van der Waals surface area contributed by atoms with Gasteiger partial charge in [0.25, 0.3) is 0 Å². The lowest BCUT2D eigenvalue weighted by Crippen LogP contribution is -2.29. The van der Waals surface area contributed by atoms with Gasteiger partial charge in [-0.2, -0.15) is 9.40 Å². The number of aryl methyl sites for hydroxylation is 1. The molecule has 0 amide bonds. The fraction of sp³-hybridized carbons (Fsp3) is 0.312. The highest BCUT2D eigenvalue weighted by Gasteiger charge is 2.19. The number of aromatic nitrogens is 2. The number of sulfonamides is 1. The Labute approximate surface area is 131 Å². The Morgan fingerprint density at radius 3 is 2.59 bits per heavy atom. The van der Waals surface area contributed by atoms with Gasteiger partial charge in [0, 0.05) is 37.3 Å². The zero-order valence-corrected chi connectivity index (χ0v) is 13.7. The largest absolute Gasteiger partial charge is 0.275 e. The molecule has 0 saturated carbocycles. The molecule has 5 nitrogen and oxygen atoms in total. The van der Waals surface area contributed by atoms with Crippen LogP contribution in [0.5, 0.6) is 0 Å². The zero-order chi connectivity index (χ0) is 16.0. The van der Waals surface area contributed by atoms with Crippen LogP contribution in [0.3, 0.4) is 0 Å². The third-order valence-corrected chi connectivity index (χ3v) is 4.69. The molecule has 1 aromatic heterocycles. The first-order chi connectivity index (χ1) is 10.5. The van der Waals surface area contributed by atoms with Crippen molar-refractivity contribution in [1.82, 2.24) is 14.1 Å². The Hall–Kier alpha value is -1.92. The molecule has 0 unspecified atom stereocenters. The predicted molar refractivity (Wildman–Crippen MR) is 88.3 cm³/mol. The lowest BCUT2D eigenvalue weighted by molar-refractivity contribution is 0.412. The van der Waals surface area contributed by atoms with E-state index >= 15 is 0 Å². The highest BCUT2D eigenvalue weighted by atomic mass is 32.2. The van der Waals surface area contributed by atoms with E-state index in [1.54, 1.807) is 17.0 Å². The number of rotatable bonds is 7. The van der Waals surface area contributed by atoms with Crippen LogP contribution < -0.4 is 0 Å². The van der Waals surface area contributed by atoms with Crippen LogP contribution in [0.2, 0.25) is 0 Å². The maximum atomic E-state index is 12.5. The van der Waals surface area contributed by atoms with Crippen LogP contribution in [0, 0.1) is 0 Å². The lowest BCUT2D eigenvalue weighted by Gasteiger charge is -2.18. The molecule has 2 aromatic rings. The van der Waals surface area contributed by atoms with Gasteiger partial charge in [0.15, 0.2) is 0 Å². The highest BCUT2D eigenvalue weighted by molar-refractivity contribution is 7.92. The molecule has 118 valence electrons. The molecule has 1 aromatic carbocycles. The van der Waals surface area contributed by atoms with Crippen molar-refractivity contribution in [2.24, 2.45) is 7.05 Å². The summed E-state index contributed by atoms with van der Waals surface area (Å²) in [5, 5.41) is 5.35. The van der Waals surface area contributed by atoms with Crippen LogP contribution in [0.4, 0.5) is 0 Å². The SMILES string of the molecule is CCCN(Cc1cnn(C)c1)S(=O)(=O)/C=C/c1ccccc1. The van der Waals surface area contributed by atoms with Gasteiger partial charge < -0.3 is 0 Å². The van der Waals surface area contributed by atoms with E-state index in [1.807, 2.05) is 50.5 Å². The average Bonchev–Trinajstić information content (AvgIpc) is 2.91. The van der Waals surface area contributed by atoms with E-state index < -0.39 is 10.0 Å².